The zero-order valence-electron chi connectivity index (χ0n) is 6.98. The second-order valence-electron chi connectivity index (χ2n) is 2.89. The lowest BCUT2D eigenvalue weighted by molar-refractivity contribution is 0.246. The van der Waals surface area contributed by atoms with Gasteiger partial charge in [0.1, 0.15) is 0 Å². The van der Waals surface area contributed by atoms with Crippen LogP contribution in [-0.4, -0.2) is 13.1 Å². The van der Waals surface area contributed by atoms with Crippen molar-refractivity contribution in [3.05, 3.63) is 11.8 Å². The van der Waals surface area contributed by atoms with Gasteiger partial charge in [0.05, 0.1) is 0 Å². The van der Waals surface area contributed by atoms with Crippen LogP contribution in [0.25, 0.3) is 0 Å². The summed E-state index contributed by atoms with van der Waals surface area (Å²) in [5.41, 5.74) is 1.27. The summed E-state index contributed by atoms with van der Waals surface area (Å²) in [7, 11) is 1.61. The van der Waals surface area contributed by atoms with Crippen molar-refractivity contribution in [1.82, 2.24) is 10.6 Å². The van der Waals surface area contributed by atoms with E-state index in [0.29, 0.717) is 0 Å². The molecule has 1 fully saturated rings. The van der Waals surface area contributed by atoms with Crippen molar-refractivity contribution >= 4 is 6.03 Å². The summed E-state index contributed by atoms with van der Waals surface area (Å²) in [6.07, 6.45) is 4.34. The van der Waals surface area contributed by atoms with Crippen molar-refractivity contribution in [3.63, 3.8) is 0 Å². The first-order valence-electron chi connectivity index (χ1n) is 3.89. The van der Waals surface area contributed by atoms with Crippen LogP contribution < -0.4 is 10.6 Å². The van der Waals surface area contributed by atoms with Gasteiger partial charge in [-0.1, -0.05) is 5.57 Å². The number of amides is 2. The minimum Gasteiger partial charge on any atom is -0.341 e. The van der Waals surface area contributed by atoms with Crippen LogP contribution in [0.15, 0.2) is 11.8 Å². The van der Waals surface area contributed by atoms with Gasteiger partial charge in [-0.15, -0.1) is 0 Å². The molecular weight excluding hydrogens is 140 g/mol. The molecule has 0 radical (unpaired) electrons. The van der Waals surface area contributed by atoms with Crippen molar-refractivity contribution in [2.24, 2.45) is 5.92 Å². The highest BCUT2D eigenvalue weighted by molar-refractivity contribution is 5.74. The summed E-state index contributed by atoms with van der Waals surface area (Å²) < 4.78 is 0. The van der Waals surface area contributed by atoms with E-state index in [2.05, 4.69) is 10.6 Å². The first-order valence-corrected chi connectivity index (χ1v) is 3.89. The SMILES string of the molecule is CNC(=O)N/C=C(\C)C1CC1. The lowest BCUT2D eigenvalue weighted by atomic mass is 10.2. The molecule has 0 saturated heterocycles. The standard InChI is InChI=1S/C8H14N2O/c1-6(7-3-4-7)5-10-8(11)9-2/h5,7H,3-4H2,1-2H3,(H2,9,10,11)/b6-5+. The third-order valence-corrected chi connectivity index (χ3v) is 1.88. The predicted octanol–water partition coefficient (Wildman–Crippen LogP) is 1.23. The van der Waals surface area contributed by atoms with Crippen molar-refractivity contribution in [2.45, 2.75) is 19.8 Å². The maximum atomic E-state index is 10.7. The molecule has 0 aliphatic heterocycles. The first kappa shape index (κ1) is 8.11. The Morgan fingerprint density at radius 1 is 1.55 bits per heavy atom. The van der Waals surface area contributed by atoms with Gasteiger partial charge >= 0.3 is 6.03 Å². The topological polar surface area (TPSA) is 41.1 Å². The maximum absolute atomic E-state index is 10.7. The summed E-state index contributed by atoms with van der Waals surface area (Å²) >= 11 is 0. The fourth-order valence-electron chi connectivity index (χ4n) is 0.908. The molecule has 0 bridgehead atoms. The summed E-state index contributed by atoms with van der Waals surface area (Å²) in [5.74, 6) is 0.729. The molecule has 0 aromatic rings. The van der Waals surface area contributed by atoms with E-state index in [9.17, 15) is 4.79 Å². The van der Waals surface area contributed by atoms with Crippen molar-refractivity contribution < 1.29 is 4.79 Å². The second kappa shape index (κ2) is 3.42. The predicted molar refractivity (Wildman–Crippen MR) is 44.1 cm³/mol. The lowest BCUT2D eigenvalue weighted by Crippen LogP contribution is -2.28. The number of carbonyl (C=O) groups is 1. The minimum absolute atomic E-state index is 0.148. The van der Waals surface area contributed by atoms with Crippen LogP contribution in [0.4, 0.5) is 4.79 Å². The number of rotatable bonds is 2. The van der Waals surface area contributed by atoms with Gasteiger partial charge in [-0.2, -0.15) is 0 Å². The maximum Gasteiger partial charge on any atom is 0.318 e. The van der Waals surface area contributed by atoms with E-state index >= 15 is 0 Å². The average Bonchev–Trinajstić information content (AvgIpc) is 2.81. The molecule has 2 N–H and O–H groups in total. The van der Waals surface area contributed by atoms with Crippen LogP contribution >= 0.6 is 0 Å². The Balaban J connectivity index is 2.27. The Morgan fingerprint density at radius 2 is 2.18 bits per heavy atom. The summed E-state index contributed by atoms with van der Waals surface area (Å²) in [5, 5.41) is 5.13. The Labute approximate surface area is 66.9 Å². The van der Waals surface area contributed by atoms with Gasteiger partial charge in [-0.25, -0.2) is 4.79 Å². The molecule has 3 heteroatoms. The smallest absolute Gasteiger partial charge is 0.318 e. The van der Waals surface area contributed by atoms with E-state index < -0.39 is 0 Å². The van der Waals surface area contributed by atoms with E-state index in [1.807, 2.05) is 6.92 Å². The van der Waals surface area contributed by atoms with E-state index in [0.717, 1.165) is 5.92 Å². The van der Waals surface area contributed by atoms with Crippen molar-refractivity contribution in [2.75, 3.05) is 7.05 Å². The number of hydrogen-bond donors (Lipinski definition) is 2. The van der Waals surface area contributed by atoms with Crippen LogP contribution in [-0.2, 0) is 0 Å². The van der Waals surface area contributed by atoms with Crippen molar-refractivity contribution in [1.29, 1.82) is 0 Å². The van der Waals surface area contributed by atoms with Crippen molar-refractivity contribution in [3.8, 4) is 0 Å². The lowest BCUT2D eigenvalue weighted by Gasteiger charge is -1.99. The van der Waals surface area contributed by atoms with E-state index in [-0.39, 0.29) is 6.03 Å². The molecule has 1 aliphatic rings. The molecule has 11 heavy (non-hydrogen) atoms. The molecule has 0 atom stereocenters. The van der Waals surface area contributed by atoms with Crippen LogP contribution in [0.5, 0.6) is 0 Å². The number of hydrogen-bond acceptors (Lipinski definition) is 1. The molecule has 0 aromatic heterocycles. The van der Waals surface area contributed by atoms with Crippen LogP contribution in [0.3, 0.4) is 0 Å². The first-order chi connectivity index (χ1) is 5.24. The molecule has 1 aliphatic carbocycles. The number of allylic oxidation sites excluding steroid dienone is 1. The Hall–Kier alpha value is -0.990. The molecule has 0 spiro atoms. The molecule has 1 rings (SSSR count). The Kier molecular flexibility index (Phi) is 2.52. The second-order valence-corrected chi connectivity index (χ2v) is 2.89. The molecule has 0 unspecified atom stereocenters. The number of nitrogens with one attached hydrogen (secondary N) is 2. The molecule has 0 heterocycles. The van der Waals surface area contributed by atoms with Gasteiger partial charge in [0.15, 0.2) is 0 Å². The van der Waals surface area contributed by atoms with Gasteiger partial charge < -0.3 is 10.6 Å². The highest BCUT2D eigenvalue weighted by Gasteiger charge is 2.22. The summed E-state index contributed by atoms with van der Waals surface area (Å²) in [6, 6.07) is -0.148. The summed E-state index contributed by atoms with van der Waals surface area (Å²) in [6.45, 7) is 2.05. The molecule has 0 aromatic carbocycles. The quantitative estimate of drug-likeness (QED) is 0.617. The molecule has 3 nitrogen and oxygen atoms in total. The van der Waals surface area contributed by atoms with E-state index in [1.54, 1.807) is 13.2 Å². The largest absolute Gasteiger partial charge is 0.341 e. The highest BCUT2D eigenvalue weighted by Crippen LogP contribution is 2.35. The highest BCUT2D eigenvalue weighted by atomic mass is 16.2. The van der Waals surface area contributed by atoms with Gasteiger partial charge in [0, 0.05) is 13.2 Å². The Bertz CT molecular complexity index is 183. The van der Waals surface area contributed by atoms with Crippen LogP contribution in [0.2, 0.25) is 0 Å². The van der Waals surface area contributed by atoms with Crippen LogP contribution in [0, 0.1) is 5.92 Å². The zero-order chi connectivity index (χ0) is 8.27. The van der Waals surface area contributed by atoms with Gasteiger partial charge in [0.25, 0.3) is 0 Å². The molecule has 2 amide bonds. The molecule has 62 valence electrons. The fourth-order valence-corrected chi connectivity index (χ4v) is 0.908. The number of carbonyl (C=O) groups excluding carboxylic acids is 1. The normalized spacial score (nSPS) is 17.8. The van der Waals surface area contributed by atoms with Gasteiger partial charge in [0.2, 0.25) is 0 Å². The average molecular weight is 154 g/mol. The third-order valence-electron chi connectivity index (χ3n) is 1.88. The van der Waals surface area contributed by atoms with Gasteiger partial charge in [-0.05, 0) is 25.7 Å². The Morgan fingerprint density at radius 3 is 2.64 bits per heavy atom. The van der Waals surface area contributed by atoms with E-state index in [1.165, 1.54) is 18.4 Å². The minimum atomic E-state index is -0.148. The molecule has 1 saturated carbocycles. The van der Waals surface area contributed by atoms with E-state index in [4.69, 9.17) is 0 Å². The number of urea groups is 1. The van der Waals surface area contributed by atoms with Gasteiger partial charge in [-0.3, -0.25) is 0 Å². The monoisotopic (exact) mass is 154 g/mol. The van der Waals surface area contributed by atoms with Crippen LogP contribution in [0.1, 0.15) is 19.8 Å². The summed E-state index contributed by atoms with van der Waals surface area (Å²) in [4.78, 5) is 10.7. The third kappa shape index (κ3) is 2.62. The molecular formula is C8H14N2O. The fraction of sp³-hybridized carbons (Fsp3) is 0.625. The zero-order valence-corrected chi connectivity index (χ0v) is 6.98.